The molecule has 0 atom stereocenters. The van der Waals surface area contributed by atoms with Gasteiger partial charge in [-0.3, -0.25) is 0 Å². The van der Waals surface area contributed by atoms with E-state index in [-0.39, 0.29) is 0 Å². The van der Waals surface area contributed by atoms with Gasteiger partial charge in [0, 0.05) is 22.1 Å². The van der Waals surface area contributed by atoms with E-state index in [0.717, 1.165) is 33.3 Å². The van der Waals surface area contributed by atoms with Gasteiger partial charge < -0.3 is 9.73 Å². The lowest BCUT2D eigenvalue weighted by molar-refractivity contribution is 0.669. The summed E-state index contributed by atoms with van der Waals surface area (Å²) >= 11 is 0. The number of nitrogens with one attached hydrogen (secondary N) is 1. The highest BCUT2D eigenvalue weighted by atomic mass is 16.3. The Bertz CT molecular complexity index is 2130. The summed E-state index contributed by atoms with van der Waals surface area (Å²) in [6.07, 6.45) is 6.44. The van der Waals surface area contributed by atoms with Crippen molar-refractivity contribution in [3.05, 3.63) is 163 Å². The molecule has 0 aliphatic carbocycles. The normalized spacial score (nSPS) is 11.9. The fourth-order valence-corrected chi connectivity index (χ4v) is 5.86. The van der Waals surface area contributed by atoms with Crippen LogP contribution in [0.25, 0.3) is 60.9 Å². The third-order valence-corrected chi connectivity index (χ3v) is 8.13. The predicted molar refractivity (Wildman–Crippen MR) is 188 cm³/mol. The Morgan fingerprint density at radius 3 is 1.73 bits per heavy atom. The van der Waals surface area contributed by atoms with E-state index in [9.17, 15) is 0 Å². The Labute approximate surface area is 258 Å². The van der Waals surface area contributed by atoms with Crippen molar-refractivity contribution < 1.29 is 4.42 Å². The molecule has 7 rings (SSSR count). The van der Waals surface area contributed by atoms with Crippen LogP contribution in [0.15, 0.2) is 162 Å². The van der Waals surface area contributed by atoms with Crippen molar-refractivity contribution >= 4 is 38.9 Å². The Kier molecular flexibility index (Phi) is 7.40. The SMILES string of the molecule is C/C=C\C(=C/C)c1cc(-c2ccccc2)cc(-c2ccc(Nc3ccc(-c4ccc5oc6ccccc6c5c4)cc3)cc2)c1. The molecule has 0 spiro atoms. The first-order valence-corrected chi connectivity index (χ1v) is 15.1. The monoisotopic (exact) mass is 567 g/mol. The maximum absolute atomic E-state index is 6.01. The van der Waals surface area contributed by atoms with Gasteiger partial charge in [-0.2, -0.15) is 0 Å². The van der Waals surface area contributed by atoms with E-state index >= 15 is 0 Å². The van der Waals surface area contributed by atoms with E-state index in [2.05, 4.69) is 165 Å². The quantitative estimate of drug-likeness (QED) is 0.194. The Hall–Kier alpha value is -5.60. The molecule has 0 unspecified atom stereocenters. The van der Waals surface area contributed by atoms with Crippen LogP contribution in [0.4, 0.5) is 11.4 Å². The van der Waals surface area contributed by atoms with Gasteiger partial charge in [0.25, 0.3) is 0 Å². The number of hydrogen-bond donors (Lipinski definition) is 1. The van der Waals surface area contributed by atoms with Crippen LogP contribution in [0.2, 0.25) is 0 Å². The van der Waals surface area contributed by atoms with E-state index in [1.165, 1.54) is 44.5 Å². The summed E-state index contributed by atoms with van der Waals surface area (Å²) in [7, 11) is 0. The Morgan fingerprint density at radius 1 is 0.500 bits per heavy atom. The van der Waals surface area contributed by atoms with Gasteiger partial charge >= 0.3 is 0 Å². The van der Waals surface area contributed by atoms with Gasteiger partial charge in [-0.15, -0.1) is 0 Å². The number of anilines is 2. The molecular formula is C42H33NO. The van der Waals surface area contributed by atoms with Gasteiger partial charge in [-0.05, 0) is 119 Å². The average Bonchev–Trinajstić information content (AvgIpc) is 3.46. The lowest BCUT2D eigenvalue weighted by atomic mass is 9.93. The van der Waals surface area contributed by atoms with Gasteiger partial charge in [0.1, 0.15) is 11.2 Å². The van der Waals surface area contributed by atoms with Crippen molar-refractivity contribution in [2.75, 3.05) is 5.32 Å². The molecule has 0 radical (unpaired) electrons. The smallest absolute Gasteiger partial charge is 0.135 e. The Morgan fingerprint density at radius 2 is 1.07 bits per heavy atom. The molecule has 6 aromatic carbocycles. The number of furan rings is 1. The molecular weight excluding hydrogens is 534 g/mol. The first kappa shape index (κ1) is 27.2. The maximum atomic E-state index is 6.01. The number of hydrogen-bond acceptors (Lipinski definition) is 2. The first-order valence-electron chi connectivity index (χ1n) is 15.1. The lowest BCUT2D eigenvalue weighted by Gasteiger charge is -2.13. The van der Waals surface area contributed by atoms with Crippen LogP contribution in [0.1, 0.15) is 19.4 Å². The Balaban J connectivity index is 1.13. The molecule has 0 aliphatic heterocycles. The molecule has 2 nitrogen and oxygen atoms in total. The average molecular weight is 568 g/mol. The minimum absolute atomic E-state index is 0.916. The van der Waals surface area contributed by atoms with Crippen molar-refractivity contribution in [3.8, 4) is 33.4 Å². The molecule has 7 aromatic rings. The lowest BCUT2D eigenvalue weighted by Crippen LogP contribution is -1.91. The van der Waals surface area contributed by atoms with Gasteiger partial charge in [0.05, 0.1) is 0 Å². The second-order valence-electron chi connectivity index (χ2n) is 11.0. The zero-order valence-electron chi connectivity index (χ0n) is 24.9. The minimum atomic E-state index is 0.916. The second-order valence-corrected chi connectivity index (χ2v) is 11.0. The standard InChI is InChI=1S/C42H33NO/c1-3-10-29(4-2)34-25-35(30-11-6-5-7-12-30)27-36(26-34)32-17-22-38(23-18-32)43-37-20-15-31(16-21-37)33-19-24-42-40(28-33)39-13-8-9-14-41(39)44-42/h3-28,43H,1-2H3/b10-3-,29-4+. The van der Waals surface area contributed by atoms with Gasteiger partial charge in [-0.1, -0.05) is 97.1 Å². The van der Waals surface area contributed by atoms with E-state index in [0.29, 0.717) is 0 Å². The second kappa shape index (κ2) is 11.9. The van der Waals surface area contributed by atoms with E-state index in [1.54, 1.807) is 0 Å². The van der Waals surface area contributed by atoms with Gasteiger partial charge in [-0.25, -0.2) is 0 Å². The number of allylic oxidation sites excluding steroid dienone is 4. The van der Waals surface area contributed by atoms with Crippen molar-refractivity contribution in [1.82, 2.24) is 0 Å². The van der Waals surface area contributed by atoms with Crippen LogP contribution in [0, 0.1) is 0 Å². The van der Waals surface area contributed by atoms with Crippen LogP contribution in [-0.4, -0.2) is 0 Å². The van der Waals surface area contributed by atoms with Crippen molar-refractivity contribution in [2.24, 2.45) is 0 Å². The largest absolute Gasteiger partial charge is 0.456 e. The highest BCUT2D eigenvalue weighted by molar-refractivity contribution is 6.06. The third kappa shape index (κ3) is 5.46. The highest BCUT2D eigenvalue weighted by Gasteiger charge is 2.10. The van der Waals surface area contributed by atoms with Gasteiger partial charge in [0.15, 0.2) is 0 Å². The van der Waals surface area contributed by atoms with Crippen LogP contribution in [-0.2, 0) is 0 Å². The molecule has 212 valence electrons. The molecule has 44 heavy (non-hydrogen) atoms. The van der Waals surface area contributed by atoms with Crippen LogP contribution >= 0.6 is 0 Å². The summed E-state index contributed by atoms with van der Waals surface area (Å²) in [5.74, 6) is 0. The molecule has 0 saturated heterocycles. The van der Waals surface area contributed by atoms with Crippen LogP contribution in [0.3, 0.4) is 0 Å². The van der Waals surface area contributed by atoms with Crippen LogP contribution in [0.5, 0.6) is 0 Å². The van der Waals surface area contributed by atoms with E-state index < -0.39 is 0 Å². The number of benzene rings is 6. The summed E-state index contributed by atoms with van der Waals surface area (Å²) in [6, 6.07) is 49.4. The minimum Gasteiger partial charge on any atom is -0.456 e. The molecule has 0 bridgehead atoms. The summed E-state index contributed by atoms with van der Waals surface area (Å²) in [5, 5.41) is 5.86. The summed E-state index contributed by atoms with van der Waals surface area (Å²) < 4.78 is 6.01. The van der Waals surface area contributed by atoms with Gasteiger partial charge in [0.2, 0.25) is 0 Å². The fraction of sp³-hybridized carbons (Fsp3) is 0.0476. The molecule has 0 saturated carbocycles. The molecule has 2 heteroatoms. The van der Waals surface area contributed by atoms with E-state index in [4.69, 9.17) is 4.42 Å². The molecule has 0 aliphatic rings. The molecule has 0 amide bonds. The van der Waals surface area contributed by atoms with Crippen molar-refractivity contribution in [2.45, 2.75) is 13.8 Å². The summed E-state index contributed by atoms with van der Waals surface area (Å²) in [5.41, 5.74) is 13.5. The third-order valence-electron chi connectivity index (χ3n) is 8.13. The fourth-order valence-electron chi connectivity index (χ4n) is 5.86. The molecule has 1 heterocycles. The number of rotatable bonds is 7. The maximum Gasteiger partial charge on any atom is 0.135 e. The number of fused-ring (bicyclic) bond motifs is 3. The summed E-state index contributed by atoms with van der Waals surface area (Å²) in [6.45, 7) is 4.16. The van der Waals surface area contributed by atoms with Crippen LogP contribution < -0.4 is 5.32 Å². The zero-order chi connectivity index (χ0) is 29.9. The summed E-state index contributed by atoms with van der Waals surface area (Å²) in [4.78, 5) is 0. The molecule has 1 aromatic heterocycles. The highest BCUT2D eigenvalue weighted by Crippen LogP contribution is 2.34. The molecule has 1 N–H and O–H groups in total. The number of para-hydroxylation sites is 1. The molecule has 0 fully saturated rings. The topological polar surface area (TPSA) is 25.2 Å². The predicted octanol–water partition coefficient (Wildman–Crippen LogP) is 12.3. The van der Waals surface area contributed by atoms with E-state index in [1.807, 2.05) is 12.1 Å². The van der Waals surface area contributed by atoms with Crippen molar-refractivity contribution in [3.63, 3.8) is 0 Å². The van der Waals surface area contributed by atoms with Crippen molar-refractivity contribution in [1.29, 1.82) is 0 Å². The zero-order valence-corrected chi connectivity index (χ0v) is 24.9. The first-order chi connectivity index (χ1) is 21.7.